The molecule has 0 N–H and O–H groups in total. The van der Waals surface area contributed by atoms with Crippen LogP contribution in [-0.2, 0) is 0 Å². The molecular weight excluding hydrogens is 190 g/mol. The molecule has 1 rings (SSSR count). The van der Waals surface area contributed by atoms with Crippen LogP contribution < -0.4 is 17.0 Å². The number of hydrogen-bond acceptors (Lipinski definition) is 0. The third-order valence-electron chi connectivity index (χ3n) is 2.42. The fourth-order valence-corrected chi connectivity index (χ4v) is 1.68. The molecule has 62 valence electrons. The standard InChI is InChI=1S/C8H18N.BrH/c1-9(2,3)8-6-4-5-7-8;/h8H,4-7H2,1-3H3;1H/q+1;/p-1. The summed E-state index contributed by atoms with van der Waals surface area (Å²) in [5.41, 5.74) is 0. The molecule has 0 saturated heterocycles. The first-order valence-corrected chi connectivity index (χ1v) is 3.92. The quantitative estimate of drug-likeness (QED) is 0.467. The molecule has 10 heavy (non-hydrogen) atoms. The van der Waals surface area contributed by atoms with Crippen LogP contribution >= 0.6 is 0 Å². The van der Waals surface area contributed by atoms with Gasteiger partial charge in [-0.2, -0.15) is 0 Å². The first kappa shape index (κ1) is 10.4. The molecule has 2 heteroatoms. The lowest BCUT2D eigenvalue weighted by Crippen LogP contribution is -3.00. The third kappa shape index (κ3) is 2.59. The lowest BCUT2D eigenvalue weighted by atomic mass is 10.2. The van der Waals surface area contributed by atoms with E-state index in [1.54, 1.807) is 0 Å². The Labute approximate surface area is 74.8 Å². The van der Waals surface area contributed by atoms with Crippen LogP contribution in [0.1, 0.15) is 25.7 Å². The summed E-state index contributed by atoms with van der Waals surface area (Å²) in [6.07, 6.45) is 5.81. The van der Waals surface area contributed by atoms with Gasteiger partial charge < -0.3 is 21.5 Å². The Hall–Kier alpha value is 0.440. The van der Waals surface area contributed by atoms with Gasteiger partial charge in [-0.05, 0) is 25.7 Å². The van der Waals surface area contributed by atoms with E-state index in [0.29, 0.717) is 0 Å². The number of halogens is 1. The maximum atomic E-state index is 2.30. The molecular formula is C8H18BrN. The second-order valence-electron chi connectivity index (χ2n) is 4.05. The van der Waals surface area contributed by atoms with Gasteiger partial charge in [-0.25, -0.2) is 0 Å². The normalized spacial score (nSPS) is 20.7. The lowest BCUT2D eigenvalue weighted by Gasteiger charge is -2.31. The minimum Gasteiger partial charge on any atom is -1.00 e. The predicted octanol–water partition coefficient (Wildman–Crippen LogP) is -1.36. The molecule has 0 aliphatic heterocycles. The van der Waals surface area contributed by atoms with Crippen LogP contribution in [0.15, 0.2) is 0 Å². The molecule has 1 fully saturated rings. The van der Waals surface area contributed by atoms with Crippen LogP contribution in [0.3, 0.4) is 0 Å². The van der Waals surface area contributed by atoms with Crippen LogP contribution in [0.25, 0.3) is 0 Å². The maximum Gasteiger partial charge on any atom is 0.0884 e. The van der Waals surface area contributed by atoms with Crippen molar-refractivity contribution in [3.05, 3.63) is 0 Å². The van der Waals surface area contributed by atoms with Crippen molar-refractivity contribution in [2.75, 3.05) is 21.1 Å². The van der Waals surface area contributed by atoms with E-state index >= 15 is 0 Å². The highest BCUT2D eigenvalue weighted by atomic mass is 79.9. The Morgan fingerprint density at radius 1 is 1.00 bits per heavy atom. The molecule has 1 saturated carbocycles. The molecule has 1 aliphatic carbocycles. The highest BCUT2D eigenvalue weighted by Crippen LogP contribution is 2.24. The van der Waals surface area contributed by atoms with Crippen molar-refractivity contribution < 1.29 is 21.5 Å². The summed E-state index contributed by atoms with van der Waals surface area (Å²) in [5.74, 6) is 0. The van der Waals surface area contributed by atoms with Crippen molar-refractivity contribution in [1.29, 1.82) is 0 Å². The monoisotopic (exact) mass is 207 g/mol. The van der Waals surface area contributed by atoms with Crippen LogP contribution in [0.2, 0.25) is 0 Å². The Bertz CT molecular complexity index is 89.9. The Kier molecular flexibility index (Phi) is 3.89. The van der Waals surface area contributed by atoms with Crippen molar-refractivity contribution in [3.63, 3.8) is 0 Å². The smallest absolute Gasteiger partial charge is 0.0884 e. The van der Waals surface area contributed by atoms with Gasteiger partial charge >= 0.3 is 0 Å². The van der Waals surface area contributed by atoms with Crippen LogP contribution in [0, 0.1) is 0 Å². The zero-order valence-electron chi connectivity index (χ0n) is 7.23. The fourth-order valence-electron chi connectivity index (χ4n) is 1.68. The van der Waals surface area contributed by atoms with Crippen LogP contribution in [0.4, 0.5) is 0 Å². The molecule has 0 bridgehead atoms. The Morgan fingerprint density at radius 2 is 1.40 bits per heavy atom. The molecule has 1 nitrogen and oxygen atoms in total. The van der Waals surface area contributed by atoms with E-state index in [9.17, 15) is 0 Å². The molecule has 0 atom stereocenters. The molecule has 0 aromatic carbocycles. The molecule has 1 aliphatic rings. The van der Waals surface area contributed by atoms with Crippen LogP contribution in [0.5, 0.6) is 0 Å². The fraction of sp³-hybridized carbons (Fsp3) is 1.00. The Morgan fingerprint density at radius 3 is 1.60 bits per heavy atom. The number of quaternary nitrogens is 1. The molecule has 0 spiro atoms. The maximum absolute atomic E-state index is 2.30. The van der Waals surface area contributed by atoms with Crippen molar-refractivity contribution in [1.82, 2.24) is 0 Å². The summed E-state index contributed by atoms with van der Waals surface area (Å²) in [4.78, 5) is 0. The summed E-state index contributed by atoms with van der Waals surface area (Å²) < 4.78 is 1.17. The first-order valence-electron chi connectivity index (χ1n) is 3.92. The van der Waals surface area contributed by atoms with E-state index in [2.05, 4.69) is 21.1 Å². The minimum atomic E-state index is 0. The summed E-state index contributed by atoms with van der Waals surface area (Å²) in [6.45, 7) is 0. The summed E-state index contributed by atoms with van der Waals surface area (Å²) in [6, 6.07) is 0.949. The molecule has 0 amide bonds. The van der Waals surface area contributed by atoms with E-state index < -0.39 is 0 Å². The van der Waals surface area contributed by atoms with Gasteiger partial charge in [0, 0.05) is 0 Å². The number of nitrogens with zero attached hydrogens (tertiary/aromatic N) is 1. The number of rotatable bonds is 1. The molecule has 0 aromatic heterocycles. The summed E-state index contributed by atoms with van der Waals surface area (Å²) in [7, 11) is 6.90. The average molecular weight is 208 g/mol. The highest BCUT2D eigenvalue weighted by Gasteiger charge is 2.26. The van der Waals surface area contributed by atoms with Crippen molar-refractivity contribution in [2.24, 2.45) is 0 Å². The Balaban J connectivity index is 0.000000810. The average Bonchev–Trinajstić information content (AvgIpc) is 2.08. The minimum absolute atomic E-state index is 0. The summed E-state index contributed by atoms with van der Waals surface area (Å²) in [5, 5.41) is 0. The second-order valence-corrected chi connectivity index (χ2v) is 4.05. The van der Waals surface area contributed by atoms with E-state index in [1.165, 1.54) is 30.2 Å². The van der Waals surface area contributed by atoms with Gasteiger partial charge in [-0.3, -0.25) is 0 Å². The van der Waals surface area contributed by atoms with E-state index in [0.717, 1.165) is 6.04 Å². The molecule has 0 unspecified atom stereocenters. The van der Waals surface area contributed by atoms with Crippen LogP contribution in [-0.4, -0.2) is 31.7 Å². The predicted molar refractivity (Wildman–Crippen MR) is 40.3 cm³/mol. The van der Waals surface area contributed by atoms with Gasteiger partial charge in [-0.15, -0.1) is 0 Å². The third-order valence-corrected chi connectivity index (χ3v) is 2.42. The van der Waals surface area contributed by atoms with Crippen molar-refractivity contribution in [2.45, 2.75) is 31.7 Å². The van der Waals surface area contributed by atoms with Crippen molar-refractivity contribution >= 4 is 0 Å². The largest absolute Gasteiger partial charge is 1.00 e. The molecule has 0 heterocycles. The zero-order chi connectivity index (χ0) is 6.91. The van der Waals surface area contributed by atoms with Gasteiger partial charge in [-0.1, -0.05) is 0 Å². The lowest BCUT2D eigenvalue weighted by molar-refractivity contribution is -0.895. The zero-order valence-corrected chi connectivity index (χ0v) is 8.82. The summed E-state index contributed by atoms with van der Waals surface area (Å²) >= 11 is 0. The van der Waals surface area contributed by atoms with Gasteiger partial charge in [0.2, 0.25) is 0 Å². The topological polar surface area (TPSA) is 0 Å². The SMILES string of the molecule is C[N+](C)(C)C1CCCC1.[Br-]. The highest BCUT2D eigenvalue weighted by molar-refractivity contribution is 4.66. The number of hydrogen-bond donors (Lipinski definition) is 0. The van der Waals surface area contributed by atoms with E-state index in [1.807, 2.05) is 0 Å². The molecule has 0 radical (unpaired) electrons. The second kappa shape index (κ2) is 3.72. The van der Waals surface area contributed by atoms with E-state index in [4.69, 9.17) is 0 Å². The van der Waals surface area contributed by atoms with Gasteiger partial charge in [0.1, 0.15) is 0 Å². The molecule has 0 aromatic rings. The van der Waals surface area contributed by atoms with E-state index in [-0.39, 0.29) is 17.0 Å². The van der Waals surface area contributed by atoms with Crippen molar-refractivity contribution in [3.8, 4) is 0 Å². The van der Waals surface area contributed by atoms with Gasteiger partial charge in [0.25, 0.3) is 0 Å². The first-order chi connectivity index (χ1) is 4.11. The van der Waals surface area contributed by atoms with Gasteiger partial charge in [0.15, 0.2) is 0 Å². The van der Waals surface area contributed by atoms with Gasteiger partial charge in [0.05, 0.1) is 27.2 Å².